The van der Waals surface area contributed by atoms with Gasteiger partial charge in [-0.2, -0.15) is 0 Å². The van der Waals surface area contributed by atoms with Crippen LogP contribution < -0.4 is 10.1 Å². The molecule has 1 amide bonds. The Bertz CT molecular complexity index is 943. The molecule has 5 heteroatoms. The molecule has 2 saturated carbocycles. The molecule has 2 aromatic rings. The molecule has 5 rings (SSSR count). The molecule has 2 aliphatic carbocycles. The molecule has 1 N–H and O–H groups in total. The summed E-state index contributed by atoms with van der Waals surface area (Å²) in [5, 5.41) is 2.92. The minimum Gasteiger partial charge on any atom is -0.486 e. The predicted molar refractivity (Wildman–Crippen MR) is 96.7 cm³/mol. The molecule has 0 saturated heterocycles. The average Bonchev–Trinajstić information content (AvgIpc) is 3.31. The van der Waals surface area contributed by atoms with Gasteiger partial charge in [-0.3, -0.25) is 9.59 Å². The van der Waals surface area contributed by atoms with Crippen LogP contribution in [0.1, 0.15) is 35.2 Å². The van der Waals surface area contributed by atoms with Crippen LogP contribution in [0.4, 0.5) is 4.39 Å². The number of ether oxygens (including phenoxy) is 1. The Kier molecular flexibility index (Phi) is 3.61. The fourth-order valence-electron chi connectivity index (χ4n) is 5.07. The van der Waals surface area contributed by atoms with Crippen LogP contribution in [0.5, 0.6) is 5.75 Å². The number of Topliss-reactive ketones (excluding diaryl/α,β-unsaturated/α-hetero) is 1. The number of benzene rings is 2. The fourth-order valence-corrected chi connectivity index (χ4v) is 5.07. The summed E-state index contributed by atoms with van der Waals surface area (Å²) in [6.45, 7) is 0.308. The molecule has 2 fully saturated rings. The molecule has 0 radical (unpaired) electrons. The van der Waals surface area contributed by atoms with Crippen molar-refractivity contribution in [3.63, 3.8) is 0 Å². The topological polar surface area (TPSA) is 55.4 Å². The van der Waals surface area contributed by atoms with Gasteiger partial charge in [0.25, 0.3) is 0 Å². The van der Waals surface area contributed by atoms with E-state index in [0.717, 1.165) is 18.4 Å². The van der Waals surface area contributed by atoms with Crippen molar-refractivity contribution in [3.8, 4) is 5.75 Å². The zero-order valence-corrected chi connectivity index (χ0v) is 14.8. The van der Waals surface area contributed by atoms with Gasteiger partial charge >= 0.3 is 0 Å². The molecule has 0 aromatic heterocycles. The lowest BCUT2D eigenvalue weighted by Gasteiger charge is -2.37. The Morgan fingerprint density at radius 2 is 2.07 bits per heavy atom. The lowest BCUT2D eigenvalue weighted by molar-refractivity contribution is -0.124. The third-order valence-corrected chi connectivity index (χ3v) is 6.30. The molecule has 27 heavy (non-hydrogen) atoms. The highest BCUT2D eigenvalue weighted by Crippen LogP contribution is 2.65. The quantitative estimate of drug-likeness (QED) is 0.906. The molecule has 3 aliphatic rings. The zero-order valence-electron chi connectivity index (χ0n) is 14.8. The summed E-state index contributed by atoms with van der Waals surface area (Å²) in [6, 6.07) is 13.6. The first-order valence-electron chi connectivity index (χ1n) is 9.41. The minimum absolute atomic E-state index is 0.0248. The Hall–Kier alpha value is -2.69. The maximum Gasteiger partial charge on any atom is 0.224 e. The van der Waals surface area contributed by atoms with E-state index in [1.807, 2.05) is 18.2 Å². The number of ketones is 1. The summed E-state index contributed by atoms with van der Waals surface area (Å²) >= 11 is 0. The van der Waals surface area contributed by atoms with Gasteiger partial charge in [0.2, 0.25) is 5.91 Å². The van der Waals surface area contributed by atoms with Crippen LogP contribution in [0.2, 0.25) is 0 Å². The Morgan fingerprint density at radius 3 is 2.93 bits per heavy atom. The zero-order chi connectivity index (χ0) is 18.6. The van der Waals surface area contributed by atoms with Gasteiger partial charge < -0.3 is 10.1 Å². The van der Waals surface area contributed by atoms with E-state index in [1.54, 1.807) is 18.2 Å². The monoisotopic (exact) mass is 365 g/mol. The number of amides is 1. The third kappa shape index (κ3) is 2.64. The number of halogens is 1. The van der Waals surface area contributed by atoms with Gasteiger partial charge in [0.1, 0.15) is 17.2 Å². The van der Waals surface area contributed by atoms with Gasteiger partial charge in [0, 0.05) is 18.4 Å². The maximum absolute atomic E-state index is 13.3. The highest BCUT2D eigenvalue weighted by Gasteiger charge is 2.70. The van der Waals surface area contributed by atoms with E-state index in [-0.39, 0.29) is 35.3 Å². The van der Waals surface area contributed by atoms with Gasteiger partial charge in [0.15, 0.2) is 5.78 Å². The van der Waals surface area contributed by atoms with E-state index < -0.39 is 5.60 Å². The predicted octanol–water partition coefficient (Wildman–Crippen LogP) is 3.50. The first kappa shape index (κ1) is 16.5. The molecule has 138 valence electrons. The van der Waals surface area contributed by atoms with Crippen molar-refractivity contribution in [2.45, 2.75) is 31.4 Å². The lowest BCUT2D eigenvalue weighted by Crippen LogP contribution is -2.44. The molecule has 1 heterocycles. The first-order chi connectivity index (χ1) is 13.1. The fraction of sp³-hybridized carbons (Fsp3) is 0.364. The lowest BCUT2D eigenvalue weighted by atomic mass is 9.84. The van der Waals surface area contributed by atoms with E-state index in [0.29, 0.717) is 24.3 Å². The second kappa shape index (κ2) is 5.91. The summed E-state index contributed by atoms with van der Waals surface area (Å²) in [5.74, 6) is 0.645. The summed E-state index contributed by atoms with van der Waals surface area (Å²) in [6.07, 6.45) is 2.06. The molecule has 1 aliphatic heterocycles. The maximum atomic E-state index is 13.3. The number of para-hydroxylation sites is 1. The van der Waals surface area contributed by atoms with Gasteiger partial charge in [-0.1, -0.05) is 24.3 Å². The van der Waals surface area contributed by atoms with Crippen LogP contribution in [-0.2, 0) is 11.3 Å². The van der Waals surface area contributed by atoms with Crippen molar-refractivity contribution < 1.29 is 18.7 Å². The summed E-state index contributed by atoms with van der Waals surface area (Å²) in [5.41, 5.74) is 0.831. The number of hydrogen-bond donors (Lipinski definition) is 1. The van der Waals surface area contributed by atoms with Gasteiger partial charge in [-0.25, -0.2) is 4.39 Å². The highest BCUT2D eigenvalue weighted by atomic mass is 19.1. The number of carbonyl (C=O) groups is 2. The number of hydrogen-bond acceptors (Lipinski definition) is 3. The van der Waals surface area contributed by atoms with E-state index in [9.17, 15) is 14.0 Å². The standard InChI is InChI=1S/C22H20FNO3/c23-14-5-3-4-13(10-14)12-24-21(26)19-16-8-9-22(20(16)19)11-17(25)15-6-1-2-7-18(15)27-22/h1-7,10,16,19-20H,8-9,11-12H2,(H,24,26)/t16-,19-,20+,22+/m1/s1. The smallest absolute Gasteiger partial charge is 0.224 e. The second-order valence-electron chi connectivity index (χ2n) is 7.86. The number of nitrogens with one attached hydrogen (secondary N) is 1. The van der Waals surface area contributed by atoms with Crippen LogP contribution in [0.3, 0.4) is 0 Å². The molecule has 0 bridgehead atoms. The minimum atomic E-state index is -0.545. The van der Waals surface area contributed by atoms with Crippen molar-refractivity contribution >= 4 is 11.7 Å². The normalized spacial score (nSPS) is 30.4. The summed E-state index contributed by atoms with van der Waals surface area (Å²) < 4.78 is 19.6. The molecular weight excluding hydrogens is 345 g/mol. The van der Waals surface area contributed by atoms with Crippen LogP contribution in [0.15, 0.2) is 48.5 Å². The average molecular weight is 365 g/mol. The van der Waals surface area contributed by atoms with E-state index >= 15 is 0 Å². The van der Waals surface area contributed by atoms with Crippen molar-refractivity contribution in [1.29, 1.82) is 0 Å². The second-order valence-corrected chi connectivity index (χ2v) is 7.86. The Balaban J connectivity index is 1.30. The molecule has 2 aromatic carbocycles. The number of fused-ring (bicyclic) bond motifs is 3. The summed E-state index contributed by atoms with van der Waals surface area (Å²) in [7, 11) is 0. The number of rotatable bonds is 3. The Labute approximate surface area is 156 Å². The largest absolute Gasteiger partial charge is 0.486 e. The van der Waals surface area contributed by atoms with E-state index in [2.05, 4.69) is 5.32 Å². The molecular formula is C22H20FNO3. The SMILES string of the molecule is O=C1C[C@]2(CC[C@@H]3[C@@H](C(=O)NCc4cccc(F)c4)[C@H]32)Oc2ccccc21. The van der Waals surface area contributed by atoms with Gasteiger partial charge in [-0.05, 0) is 48.6 Å². The third-order valence-electron chi connectivity index (χ3n) is 6.30. The van der Waals surface area contributed by atoms with Crippen LogP contribution in [0, 0.1) is 23.6 Å². The van der Waals surface area contributed by atoms with E-state index in [1.165, 1.54) is 12.1 Å². The Morgan fingerprint density at radius 1 is 1.22 bits per heavy atom. The van der Waals surface area contributed by atoms with Gasteiger partial charge in [0.05, 0.1) is 12.0 Å². The van der Waals surface area contributed by atoms with Gasteiger partial charge in [-0.15, -0.1) is 0 Å². The molecule has 4 atom stereocenters. The van der Waals surface area contributed by atoms with Crippen LogP contribution in [0.25, 0.3) is 0 Å². The van der Waals surface area contributed by atoms with E-state index in [4.69, 9.17) is 4.74 Å². The van der Waals surface area contributed by atoms with Crippen LogP contribution >= 0.6 is 0 Å². The van der Waals surface area contributed by atoms with Crippen molar-refractivity contribution in [1.82, 2.24) is 5.32 Å². The van der Waals surface area contributed by atoms with Crippen molar-refractivity contribution in [3.05, 3.63) is 65.5 Å². The number of carbonyl (C=O) groups excluding carboxylic acids is 2. The summed E-state index contributed by atoms with van der Waals surface area (Å²) in [4.78, 5) is 25.3. The molecule has 1 spiro atoms. The van der Waals surface area contributed by atoms with Crippen molar-refractivity contribution in [2.75, 3.05) is 0 Å². The highest BCUT2D eigenvalue weighted by molar-refractivity contribution is 6.00. The molecule has 4 nitrogen and oxygen atoms in total. The van der Waals surface area contributed by atoms with Crippen LogP contribution in [-0.4, -0.2) is 17.3 Å². The molecule has 0 unspecified atom stereocenters. The van der Waals surface area contributed by atoms with Crippen molar-refractivity contribution in [2.24, 2.45) is 17.8 Å². The first-order valence-corrected chi connectivity index (χ1v) is 9.41.